The molecule has 2 saturated heterocycles. The van der Waals surface area contributed by atoms with Gasteiger partial charge in [-0.1, -0.05) is 0 Å². The Bertz CT molecular complexity index is 139. The van der Waals surface area contributed by atoms with Crippen LogP contribution < -0.4 is 5.32 Å². The van der Waals surface area contributed by atoms with Crippen molar-refractivity contribution in [2.75, 3.05) is 26.2 Å². The van der Waals surface area contributed by atoms with E-state index in [0.717, 1.165) is 39.1 Å². The van der Waals surface area contributed by atoms with Gasteiger partial charge in [-0.3, -0.25) is 0 Å². The predicted octanol–water partition coefficient (Wildman–Crippen LogP) is -0.110. The SMILES string of the molecule is O[N+]1(C2NCCO2)CCCC1. The van der Waals surface area contributed by atoms with Crippen LogP contribution >= 0.6 is 0 Å². The number of hydrogen-bond donors (Lipinski definition) is 2. The highest BCUT2D eigenvalue weighted by Crippen LogP contribution is 2.21. The zero-order chi connectivity index (χ0) is 7.73. The number of rotatable bonds is 1. The Kier molecular flexibility index (Phi) is 1.85. The van der Waals surface area contributed by atoms with Gasteiger partial charge >= 0.3 is 0 Å². The van der Waals surface area contributed by atoms with Crippen LogP contribution in [0.15, 0.2) is 0 Å². The van der Waals surface area contributed by atoms with Gasteiger partial charge in [0.15, 0.2) is 0 Å². The monoisotopic (exact) mass is 159 g/mol. The molecular weight excluding hydrogens is 144 g/mol. The van der Waals surface area contributed by atoms with E-state index in [2.05, 4.69) is 5.32 Å². The molecule has 0 aromatic carbocycles. The lowest BCUT2D eigenvalue weighted by Crippen LogP contribution is -2.55. The second-order valence-electron chi connectivity index (χ2n) is 3.32. The summed E-state index contributed by atoms with van der Waals surface area (Å²) in [6.45, 7) is 3.26. The van der Waals surface area contributed by atoms with Crippen LogP contribution in [0.1, 0.15) is 12.8 Å². The van der Waals surface area contributed by atoms with Gasteiger partial charge in [-0.2, -0.15) is 0 Å². The molecule has 4 heteroatoms. The lowest BCUT2D eigenvalue weighted by molar-refractivity contribution is -1.13. The van der Waals surface area contributed by atoms with Crippen LogP contribution in [0.3, 0.4) is 0 Å². The third-order valence-corrected chi connectivity index (χ3v) is 2.47. The normalized spacial score (nSPS) is 36.3. The lowest BCUT2D eigenvalue weighted by Gasteiger charge is -2.29. The van der Waals surface area contributed by atoms with Crippen LogP contribution in [-0.4, -0.2) is 42.4 Å². The molecule has 1 atom stereocenters. The van der Waals surface area contributed by atoms with E-state index in [-0.39, 0.29) is 11.0 Å². The van der Waals surface area contributed by atoms with Gasteiger partial charge in [0.05, 0.1) is 6.61 Å². The lowest BCUT2D eigenvalue weighted by atomic mass is 10.4. The first-order valence-corrected chi connectivity index (χ1v) is 4.26. The van der Waals surface area contributed by atoms with Crippen molar-refractivity contribution in [2.24, 2.45) is 0 Å². The molecule has 0 aromatic heterocycles. The van der Waals surface area contributed by atoms with Gasteiger partial charge in [0.2, 0.25) is 0 Å². The average molecular weight is 159 g/mol. The Labute approximate surface area is 66.3 Å². The molecule has 2 fully saturated rings. The van der Waals surface area contributed by atoms with Crippen molar-refractivity contribution in [3.8, 4) is 0 Å². The predicted molar refractivity (Wildman–Crippen MR) is 38.8 cm³/mol. The summed E-state index contributed by atoms with van der Waals surface area (Å²) >= 11 is 0. The van der Waals surface area contributed by atoms with E-state index in [4.69, 9.17) is 4.74 Å². The van der Waals surface area contributed by atoms with E-state index < -0.39 is 0 Å². The Morgan fingerprint density at radius 3 is 2.64 bits per heavy atom. The minimum Gasteiger partial charge on any atom is -0.313 e. The molecular formula is C7H15N2O2+. The second-order valence-corrected chi connectivity index (χ2v) is 3.32. The van der Waals surface area contributed by atoms with E-state index in [1.54, 1.807) is 0 Å². The number of quaternary nitrogens is 1. The fourth-order valence-corrected chi connectivity index (χ4v) is 1.84. The molecule has 0 bridgehead atoms. The second kappa shape index (κ2) is 2.71. The highest BCUT2D eigenvalue weighted by Gasteiger charge is 2.42. The summed E-state index contributed by atoms with van der Waals surface area (Å²) in [7, 11) is 0. The van der Waals surface area contributed by atoms with Crippen LogP contribution in [0, 0.1) is 0 Å². The molecule has 0 amide bonds. The van der Waals surface area contributed by atoms with E-state index in [9.17, 15) is 5.21 Å². The first-order chi connectivity index (χ1) is 5.31. The number of nitrogens with one attached hydrogen (secondary N) is 1. The molecule has 64 valence electrons. The minimum absolute atomic E-state index is 0.0833. The maximum absolute atomic E-state index is 9.94. The van der Waals surface area contributed by atoms with Crippen molar-refractivity contribution in [3.63, 3.8) is 0 Å². The molecule has 0 radical (unpaired) electrons. The molecule has 1 unspecified atom stereocenters. The smallest absolute Gasteiger partial charge is 0.283 e. The van der Waals surface area contributed by atoms with Crippen molar-refractivity contribution in [3.05, 3.63) is 0 Å². The van der Waals surface area contributed by atoms with E-state index in [1.165, 1.54) is 0 Å². The first-order valence-electron chi connectivity index (χ1n) is 4.26. The maximum atomic E-state index is 9.94. The van der Waals surface area contributed by atoms with Gasteiger partial charge in [0, 0.05) is 19.4 Å². The molecule has 0 saturated carbocycles. The Hall–Kier alpha value is -0.160. The molecule has 2 rings (SSSR count). The van der Waals surface area contributed by atoms with Gasteiger partial charge in [-0.15, -0.1) is 4.65 Å². The standard InChI is InChI=1S/C7H15N2O2/c10-9(4-1-2-5-9)7-8-3-6-11-7/h7-8,10H,1-6H2/q+1. The maximum Gasteiger partial charge on any atom is 0.283 e. The fourth-order valence-electron chi connectivity index (χ4n) is 1.84. The van der Waals surface area contributed by atoms with Gasteiger partial charge in [-0.25, -0.2) is 10.5 Å². The molecule has 0 aromatic rings. The zero-order valence-corrected chi connectivity index (χ0v) is 6.62. The number of likely N-dealkylation sites (tertiary alicyclic amines) is 1. The van der Waals surface area contributed by atoms with Crippen LogP contribution in [-0.2, 0) is 4.74 Å². The zero-order valence-electron chi connectivity index (χ0n) is 6.62. The van der Waals surface area contributed by atoms with E-state index in [0.29, 0.717) is 0 Å². The van der Waals surface area contributed by atoms with E-state index in [1.807, 2.05) is 0 Å². The average Bonchev–Trinajstić information content (AvgIpc) is 2.55. The van der Waals surface area contributed by atoms with Crippen molar-refractivity contribution in [1.82, 2.24) is 5.32 Å². The van der Waals surface area contributed by atoms with Crippen molar-refractivity contribution in [1.29, 1.82) is 0 Å². The number of ether oxygens (including phenoxy) is 1. The van der Waals surface area contributed by atoms with Gasteiger partial charge < -0.3 is 4.74 Å². The molecule has 0 spiro atoms. The Balaban J connectivity index is 2.00. The quantitative estimate of drug-likeness (QED) is 0.524. The van der Waals surface area contributed by atoms with Gasteiger partial charge in [-0.05, 0) is 0 Å². The summed E-state index contributed by atoms with van der Waals surface area (Å²) in [6.07, 6.45) is 2.06. The van der Waals surface area contributed by atoms with Crippen LogP contribution in [0.25, 0.3) is 0 Å². The third-order valence-electron chi connectivity index (χ3n) is 2.47. The molecule has 2 aliphatic heterocycles. The van der Waals surface area contributed by atoms with Crippen molar-refractivity contribution >= 4 is 0 Å². The minimum atomic E-state index is -0.155. The summed E-state index contributed by atoms with van der Waals surface area (Å²) in [4.78, 5) is 0. The molecule has 2 N–H and O–H groups in total. The summed E-state index contributed by atoms with van der Waals surface area (Å²) in [5, 5.41) is 13.1. The summed E-state index contributed by atoms with van der Waals surface area (Å²) < 4.78 is 5.43. The Morgan fingerprint density at radius 1 is 1.36 bits per heavy atom. The molecule has 0 aliphatic carbocycles. The van der Waals surface area contributed by atoms with Crippen molar-refractivity contribution in [2.45, 2.75) is 19.2 Å². The summed E-state index contributed by atoms with van der Waals surface area (Å²) in [5.74, 6) is 0. The number of nitrogens with zero attached hydrogens (tertiary/aromatic N) is 1. The number of hydrogen-bond acceptors (Lipinski definition) is 3. The van der Waals surface area contributed by atoms with Crippen LogP contribution in [0.4, 0.5) is 0 Å². The largest absolute Gasteiger partial charge is 0.313 e. The van der Waals surface area contributed by atoms with Crippen molar-refractivity contribution < 1.29 is 14.6 Å². The van der Waals surface area contributed by atoms with Crippen LogP contribution in [0.5, 0.6) is 0 Å². The Morgan fingerprint density at radius 2 is 2.09 bits per heavy atom. The molecule has 4 nitrogen and oxygen atoms in total. The number of hydroxylamine groups is 3. The third kappa shape index (κ3) is 1.27. The topological polar surface area (TPSA) is 41.5 Å². The van der Waals surface area contributed by atoms with Gasteiger partial charge in [0.25, 0.3) is 6.35 Å². The summed E-state index contributed by atoms with van der Waals surface area (Å²) in [6, 6.07) is 0. The molecule has 2 heterocycles. The molecule has 2 aliphatic rings. The van der Waals surface area contributed by atoms with Gasteiger partial charge in [0.1, 0.15) is 13.1 Å². The fraction of sp³-hybridized carbons (Fsp3) is 1.00. The first kappa shape index (κ1) is 7.49. The highest BCUT2D eigenvalue weighted by molar-refractivity contribution is 4.57. The molecule has 11 heavy (non-hydrogen) atoms. The van der Waals surface area contributed by atoms with Crippen LogP contribution in [0.2, 0.25) is 0 Å². The summed E-state index contributed by atoms with van der Waals surface area (Å²) in [5.41, 5.74) is 0. The van der Waals surface area contributed by atoms with E-state index >= 15 is 0 Å². The highest BCUT2D eigenvalue weighted by atomic mass is 16.6.